The molecule has 0 unspecified atom stereocenters. The number of imidazole rings is 1. The molecular weight excluding hydrogens is 630 g/mol. The minimum atomic E-state index is -0.711. The first-order valence-electron chi connectivity index (χ1n) is 15.9. The lowest BCUT2D eigenvalue weighted by atomic mass is 9.94. The summed E-state index contributed by atoms with van der Waals surface area (Å²) < 4.78 is 8.18. The van der Waals surface area contributed by atoms with E-state index in [9.17, 15) is 19.2 Å². The van der Waals surface area contributed by atoms with E-state index in [-0.39, 0.29) is 35.4 Å². The van der Waals surface area contributed by atoms with E-state index >= 15 is 0 Å². The van der Waals surface area contributed by atoms with Crippen molar-refractivity contribution in [1.29, 1.82) is 0 Å². The van der Waals surface area contributed by atoms with Crippen molar-refractivity contribution in [2.75, 3.05) is 17.2 Å². The molecule has 3 heterocycles. The topological polar surface area (TPSA) is 149 Å². The van der Waals surface area contributed by atoms with E-state index < -0.39 is 23.4 Å². The van der Waals surface area contributed by atoms with Gasteiger partial charge in [-0.05, 0) is 44.0 Å². The number of hydrogen-bond acceptors (Lipinski definition) is 8. The first kappa shape index (κ1) is 34.0. The number of carbonyl (C=O) groups excluding carboxylic acids is 4. The van der Waals surface area contributed by atoms with Crippen LogP contribution in [0.15, 0.2) is 73.1 Å². The minimum Gasteiger partial charge on any atom is -0.448 e. The van der Waals surface area contributed by atoms with E-state index in [1.54, 1.807) is 48.1 Å². The average molecular weight is 670 g/mol. The number of thiophene rings is 1. The van der Waals surface area contributed by atoms with Gasteiger partial charge in [0.15, 0.2) is 11.6 Å². The molecule has 0 saturated carbocycles. The van der Waals surface area contributed by atoms with Crippen LogP contribution in [0.3, 0.4) is 0 Å². The van der Waals surface area contributed by atoms with Gasteiger partial charge in [-0.3, -0.25) is 14.4 Å². The molecule has 3 N–H and O–H groups in total. The smallest absolute Gasteiger partial charge is 0.436 e. The van der Waals surface area contributed by atoms with Crippen LogP contribution in [0.25, 0.3) is 10.2 Å². The van der Waals surface area contributed by atoms with Gasteiger partial charge in [-0.15, -0.1) is 16.4 Å². The maximum Gasteiger partial charge on any atom is 0.436 e. The second-order valence-corrected chi connectivity index (χ2v) is 12.9. The van der Waals surface area contributed by atoms with Gasteiger partial charge in [-0.1, -0.05) is 75.1 Å². The Labute approximate surface area is 282 Å². The molecule has 0 fully saturated rings. The monoisotopic (exact) mass is 669 g/mol. The summed E-state index contributed by atoms with van der Waals surface area (Å²) in [6.45, 7) is 6.17. The van der Waals surface area contributed by atoms with Crippen molar-refractivity contribution < 1.29 is 23.9 Å². The highest BCUT2D eigenvalue weighted by molar-refractivity contribution is 7.20. The predicted octanol–water partition coefficient (Wildman–Crippen LogP) is 6.96. The molecular formula is C35H39N7O5S. The highest BCUT2D eigenvalue weighted by Gasteiger charge is 2.28. The summed E-state index contributed by atoms with van der Waals surface area (Å²) in [5, 5.41) is 13.4. The van der Waals surface area contributed by atoms with Gasteiger partial charge in [0, 0.05) is 19.4 Å². The maximum absolute atomic E-state index is 13.7. The molecule has 3 aromatic heterocycles. The van der Waals surface area contributed by atoms with Crippen LogP contribution in [-0.2, 0) is 17.3 Å². The van der Waals surface area contributed by atoms with Gasteiger partial charge < -0.3 is 25.3 Å². The number of rotatable bonds is 13. The molecule has 0 saturated heterocycles. The fourth-order valence-corrected chi connectivity index (χ4v) is 6.16. The Bertz CT molecular complexity index is 1930. The van der Waals surface area contributed by atoms with E-state index in [0.717, 1.165) is 47.3 Å². The molecule has 0 atom stereocenters. The van der Waals surface area contributed by atoms with Crippen LogP contribution >= 0.6 is 11.3 Å². The van der Waals surface area contributed by atoms with Crippen molar-refractivity contribution in [3.05, 3.63) is 94.9 Å². The SMILES string of the molecule is CCCCCCCOC(=O)n1nc(NC(=O)c2ccccc2NC(=O)c2nccn2C)c2cc(C(=O)NC(C)(C)c3ccccc3)sc21. The summed E-state index contributed by atoms with van der Waals surface area (Å²) in [6.07, 6.45) is 7.38. The fraction of sp³-hybridized carbons (Fsp3) is 0.314. The molecule has 250 valence electrons. The zero-order valence-electron chi connectivity index (χ0n) is 27.4. The van der Waals surface area contributed by atoms with Gasteiger partial charge in [0.25, 0.3) is 17.7 Å². The number of aryl methyl sites for hydroxylation is 1. The van der Waals surface area contributed by atoms with Crippen molar-refractivity contribution in [2.24, 2.45) is 7.05 Å². The summed E-state index contributed by atoms with van der Waals surface area (Å²) in [7, 11) is 1.69. The number of para-hydroxylation sites is 1. The summed E-state index contributed by atoms with van der Waals surface area (Å²) in [6, 6.07) is 17.7. The second-order valence-electron chi connectivity index (χ2n) is 11.9. The molecule has 0 aliphatic heterocycles. The number of carbonyl (C=O) groups is 4. The number of aromatic nitrogens is 4. The number of amides is 3. The first-order valence-corrected chi connectivity index (χ1v) is 16.7. The Hall–Kier alpha value is -5.30. The molecule has 0 spiro atoms. The lowest BCUT2D eigenvalue weighted by Gasteiger charge is -2.26. The van der Waals surface area contributed by atoms with Crippen LogP contribution < -0.4 is 16.0 Å². The van der Waals surface area contributed by atoms with Gasteiger partial charge in [0.2, 0.25) is 0 Å². The summed E-state index contributed by atoms with van der Waals surface area (Å²) in [4.78, 5) is 58.0. The second kappa shape index (κ2) is 15.1. The number of unbranched alkanes of at least 4 members (excludes halogenated alkanes) is 4. The Morgan fingerprint density at radius 3 is 2.35 bits per heavy atom. The molecule has 0 aliphatic carbocycles. The molecule has 3 amide bonds. The Kier molecular flexibility index (Phi) is 10.7. The number of nitrogens with one attached hydrogen (secondary N) is 3. The Morgan fingerprint density at radius 2 is 1.62 bits per heavy atom. The van der Waals surface area contributed by atoms with E-state index in [4.69, 9.17) is 4.74 Å². The molecule has 13 heteroatoms. The number of ether oxygens (including phenoxy) is 1. The summed E-state index contributed by atoms with van der Waals surface area (Å²) in [5.74, 6) is -1.17. The van der Waals surface area contributed by atoms with Gasteiger partial charge in [0.1, 0.15) is 4.83 Å². The molecule has 5 rings (SSSR count). The normalized spacial score (nSPS) is 11.3. The first-order chi connectivity index (χ1) is 23.1. The summed E-state index contributed by atoms with van der Waals surface area (Å²) in [5.41, 5.74) is 0.664. The number of nitrogens with zero attached hydrogens (tertiary/aromatic N) is 4. The Balaban J connectivity index is 1.42. The lowest BCUT2D eigenvalue weighted by molar-refractivity contribution is 0.0915. The van der Waals surface area contributed by atoms with E-state index in [0.29, 0.717) is 21.5 Å². The van der Waals surface area contributed by atoms with E-state index in [1.165, 1.54) is 6.20 Å². The molecule has 0 aliphatic rings. The van der Waals surface area contributed by atoms with Crippen LogP contribution in [0.5, 0.6) is 0 Å². The van der Waals surface area contributed by atoms with Crippen molar-refractivity contribution in [2.45, 2.75) is 58.4 Å². The van der Waals surface area contributed by atoms with Crippen LogP contribution in [-0.4, -0.2) is 49.8 Å². The quantitative estimate of drug-likeness (QED) is 0.115. The molecule has 5 aromatic rings. The third-order valence-electron chi connectivity index (χ3n) is 7.83. The third kappa shape index (κ3) is 7.80. The average Bonchev–Trinajstić information content (AvgIpc) is 3.79. The largest absolute Gasteiger partial charge is 0.448 e. The van der Waals surface area contributed by atoms with Crippen LogP contribution in [0.1, 0.15) is 89.1 Å². The lowest BCUT2D eigenvalue weighted by Crippen LogP contribution is -2.40. The van der Waals surface area contributed by atoms with Crippen LogP contribution in [0, 0.1) is 0 Å². The molecule has 2 aromatic carbocycles. The standard InChI is InChI=1S/C35H39N7O5S/c1-5-6-7-8-14-21-47-34(46)42-33-25(22-27(48-33)31(44)39-35(2,3)23-15-10-9-11-16-23)28(40-42)38-30(43)24-17-12-13-18-26(24)37-32(45)29-36-19-20-41(29)4/h9-13,15-20,22H,5-8,14,21H2,1-4H3,(H,37,45)(H,39,44)(H,38,40,43). The third-order valence-corrected chi connectivity index (χ3v) is 8.94. The van der Waals surface area contributed by atoms with E-state index in [1.807, 2.05) is 44.2 Å². The molecule has 0 radical (unpaired) electrons. The zero-order chi connectivity index (χ0) is 34.3. The fourth-order valence-electron chi connectivity index (χ4n) is 5.16. The molecule has 12 nitrogen and oxygen atoms in total. The van der Waals surface area contributed by atoms with Crippen molar-refractivity contribution in [3.63, 3.8) is 0 Å². The number of anilines is 2. The van der Waals surface area contributed by atoms with Gasteiger partial charge in [-0.2, -0.15) is 4.68 Å². The van der Waals surface area contributed by atoms with Crippen LogP contribution in [0.4, 0.5) is 16.3 Å². The van der Waals surface area contributed by atoms with Gasteiger partial charge >= 0.3 is 6.09 Å². The predicted molar refractivity (Wildman–Crippen MR) is 186 cm³/mol. The maximum atomic E-state index is 13.7. The minimum absolute atomic E-state index is 0.0674. The molecule has 0 bridgehead atoms. The number of fused-ring (bicyclic) bond motifs is 1. The van der Waals surface area contributed by atoms with Gasteiger partial charge in [-0.25, -0.2) is 9.78 Å². The summed E-state index contributed by atoms with van der Waals surface area (Å²) >= 11 is 1.07. The van der Waals surface area contributed by atoms with Crippen molar-refractivity contribution in [3.8, 4) is 0 Å². The van der Waals surface area contributed by atoms with Gasteiger partial charge in [0.05, 0.1) is 33.7 Å². The highest BCUT2D eigenvalue weighted by atomic mass is 32.1. The highest BCUT2D eigenvalue weighted by Crippen LogP contribution is 2.33. The van der Waals surface area contributed by atoms with Crippen molar-refractivity contribution in [1.82, 2.24) is 24.6 Å². The zero-order valence-corrected chi connectivity index (χ0v) is 28.2. The van der Waals surface area contributed by atoms with Crippen LogP contribution in [0.2, 0.25) is 0 Å². The van der Waals surface area contributed by atoms with Crippen molar-refractivity contribution >= 4 is 56.9 Å². The number of hydrogen-bond donors (Lipinski definition) is 3. The number of benzene rings is 2. The molecule has 48 heavy (non-hydrogen) atoms. The van der Waals surface area contributed by atoms with E-state index in [2.05, 4.69) is 33.0 Å². The Morgan fingerprint density at radius 1 is 0.896 bits per heavy atom.